The number of rotatable bonds is 8. The lowest BCUT2D eigenvalue weighted by Crippen LogP contribution is -2.44. The van der Waals surface area contributed by atoms with Crippen LogP contribution in [0.4, 0.5) is 5.69 Å². The van der Waals surface area contributed by atoms with Crippen molar-refractivity contribution in [1.82, 2.24) is 10.6 Å². The van der Waals surface area contributed by atoms with E-state index in [9.17, 15) is 9.59 Å². The van der Waals surface area contributed by atoms with E-state index in [2.05, 4.69) is 16.0 Å². The first-order chi connectivity index (χ1) is 17.4. The summed E-state index contributed by atoms with van der Waals surface area (Å²) in [4.78, 5) is 25.2. The number of ether oxygens (including phenoxy) is 2. The Bertz CT molecular complexity index is 1340. The predicted octanol–water partition coefficient (Wildman–Crippen LogP) is 4.54. The number of amides is 1. The zero-order valence-corrected chi connectivity index (χ0v) is 21.1. The highest BCUT2D eigenvalue weighted by Gasteiger charge is 2.30. The maximum absolute atomic E-state index is 12.8. The monoisotopic (exact) mass is 501 g/mol. The fourth-order valence-electron chi connectivity index (χ4n) is 4.05. The second kappa shape index (κ2) is 11.0. The molecule has 0 spiro atoms. The first-order valence-electron chi connectivity index (χ1n) is 11.4. The molecule has 0 fully saturated rings. The number of Topliss-reactive ketones (excluding diaryl/α,β-unsaturated/α-hetero) is 1. The molecular weight excluding hydrogens is 474 g/mol. The molecular formula is C28H27N3O4S. The van der Waals surface area contributed by atoms with Crippen LogP contribution in [-0.4, -0.2) is 30.5 Å². The fourth-order valence-corrected chi connectivity index (χ4v) is 4.27. The molecule has 184 valence electrons. The first-order valence-corrected chi connectivity index (χ1v) is 11.8. The summed E-state index contributed by atoms with van der Waals surface area (Å²) >= 11 is 5.45. The molecule has 8 heteroatoms. The summed E-state index contributed by atoms with van der Waals surface area (Å²) in [5.74, 6) is 0.476. The van der Waals surface area contributed by atoms with Gasteiger partial charge in [0.25, 0.3) is 5.91 Å². The summed E-state index contributed by atoms with van der Waals surface area (Å²) in [7, 11) is 1.52. The summed E-state index contributed by atoms with van der Waals surface area (Å²) in [6.45, 7) is 3.27. The number of hydrogen-bond donors (Lipinski definition) is 3. The Balaban J connectivity index is 1.58. The molecule has 1 amide bonds. The molecule has 4 rings (SSSR count). The Hall–Kier alpha value is -4.17. The minimum absolute atomic E-state index is 0.0893. The topological polar surface area (TPSA) is 88.7 Å². The zero-order chi connectivity index (χ0) is 25.7. The SMILES string of the molecule is COc1cc(C2NC(=S)NC(c3ccccc3)=C2C(C)=O)ccc1OCC(=O)Nc1ccccc1C. The molecule has 1 heterocycles. The van der Waals surface area contributed by atoms with Crippen molar-refractivity contribution in [3.8, 4) is 11.5 Å². The zero-order valence-electron chi connectivity index (χ0n) is 20.3. The average Bonchev–Trinajstić information content (AvgIpc) is 2.88. The highest BCUT2D eigenvalue weighted by Crippen LogP contribution is 2.36. The molecule has 3 aromatic rings. The second-order valence-electron chi connectivity index (χ2n) is 8.30. The number of para-hydroxylation sites is 1. The van der Waals surface area contributed by atoms with Gasteiger partial charge in [0.05, 0.1) is 18.8 Å². The summed E-state index contributed by atoms with van der Waals surface area (Å²) in [5.41, 5.74) is 4.56. The van der Waals surface area contributed by atoms with Crippen LogP contribution in [0.25, 0.3) is 5.70 Å². The summed E-state index contributed by atoms with van der Waals surface area (Å²) < 4.78 is 11.3. The third-order valence-electron chi connectivity index (χ3n) is 5.81. The van der Waals surface area contributed by atoms with Crippen molar-refractivity contribution in [2.24, 2.45) is 0 Å². The van der Waals surface area contributed by atoms with Gasteiger partial charge in [0.1, 0.15) is 0 Å². The first kappa shape index (κ1) is 24.9. The number of methoxy groups -OCH3 is 1. The molecule has 3 aromatic carbocycles. The third-order valence-corrected chi connectivity index (χ3v) is 6.03. The van der Waals surface area contributed by atoms with Crippen molar-refractivity contribution in [3.05, 3.63) is 95.1 Å². The normalized spacial score (nSPS) is 15.0. The highest BCUT2D eigenvalue weighted by molar-refractivity contribution is 7.80. The van der Waals surface area contributed by atoms with Gasteiger partial charge in [-0.1, -0.05) is 54.6 Å². The van der Waals surface area contributed by atoms with Crippen LogP contribution in [0.3, 0.4) is 0 Å². The molecule has 1 atom stereocenters. The van der Waals surface area contributed by atoms with E-state index in [1.165, 1.54) is 14.0 Å². The van der Waals surface area contributed by atoms with Crippen LogP contribution >= 0.6 is 12.2 Å². The smallest absolute Gasteiger partial charge is 0.262 e. The molecule has 0 saturated heterocycles. The van der Waals surface area contributed by atoms with Crippen molar-refractivity contribution in [3.63, 3.8) is 0 Å². The highest BCUT2D eigenvalue weighted by atomic mass is 32.1. The van der Waals surface area contributed by atoms with Crippen LogP contribution in [-0.2, 0) is 9.59 Å². The van der Waals surface area contributed by atoms with E-state index in [4.69, 9.17) is 21.7 Å². The molecule has 3 N–H and O–H groups in total. The van der Waals surface area contributed by atoms with Gasteiger partial charge in [0.15, 0.2) is 29.0 Å². The van der Waals surface area contributed by atoms with Crippen molar-refractivity contribution in [2.45, 2.75) is 19.9 Å². The lowest BCUT2D eigenvalue weighted by molar-refractivity contribution is -0.118. The summed E-state index contributed by atoms with van der Waals surface area (Å²) in [6.07, 6.45) is 0. The van der Waals surface area contributed by atoms with Gasteiger partial charge in [0, 0.05) is 11.3 Å². The van der Waals surface area contributed by atoms with Gasteiger partial charge in [-0.3, -0.25) is 9.59 Å². The van der Waals surface area contributed by atoms with E-state index in [1.54, 1.807) is 12.1 Å². The number of hydrogen-bond acceptors (Lipinski definition) is 5. The van der Waals surface area contributed by atoms with E-state index in [0.29, 0.717) is 27.9 Å². The van der Waals surface area contributed by atoms with Crippen LogP contribution < -0.4 is 25.4 Å². The number of nitrogens with one attached hydrogen (secondary N) is 3. The Labute approximate surface area is 215 Å². The van der Waals surface area contributed by atoms with Crippen molar-refractivity contribution in [1.29, 1.82) is 0 Å². The number of aryl methyl sites for hydroxylation is 1. The maximum Gasteiger partial charge on any atom is 0.262 e. The average molecular weight is 502 g/mol. The van der Waals surface area contributed by atoms with Crippen LogP contribution in [0, 0.1) is 6.92 Å². The van der Waals surface area contributed by atoms with Gasteiger partial charge in [-0.05, 0) is 61.0 Å². The summed E-state index contributed by atoms with van der Waals surface area (Å²) in [6, 6.07) is 22.0. The minimum Gasteiger partial charge on any atom is -0.493 e. The Kier molecular flexibility index (Phi) is 7.65. The number of thiocarbonyl (C=S) groups is 1. The minimum atomic E-state index is -0.487. The molecule has 1 aliphatic rings. The number of benzene rings is 3. The molecule has 36 heavy (non-hydrogen) atoms. The fraction of sp³-hybridized carbons (Fsp3) is 0.179. The van der Waals surface area contributed by atoms with E-state index in [1.807, 2.05) is 67.6 Å². The van der Waals surface area contributed by atoms with Gasteiger partial charge in [-0.2, -0.15) is 0 Å². The summed E-state index contributed by atoms with van der Waals surface area (Å²) in [5, 5.41) is 9.60. The predicted molar refractivity (Wildman–Crippen MR) is 144 cm³/mol. The number of ketones is 1. The van der Waals surface area contributed by atoms with Gasteiger partial charge in [0.2, 0.25) is 0 Å². The van der Waals surface area contributed by atoms with Crippen LogP contribution in [0.1, 0.15) is 29.7 Å². The van der Waals surface area contributed by atoms with Crippen molar-refractivity contribution < 1.29 is 19.1 Å². The Morgan fingerprint density at radius 2 is 1.72 bits per heavy atom. The van der Waals surface area contributed by atoms with E-state index in [0.717, 1.165) is 22.4 Å². The van der Waals surface area contributed by atoms with Gasteiger partial charge in [-0.25, -0.2) is 0 Å². The van der Waals surface area contributed by atoms with Gasteiger partial charge in [-0.15, -0.1) is 0 Å². The van der Waals surface area contributed by atoms with Gasteiger partial charge < -0.3 is 25.4 Å². The molecule has 1 unspecified atom stereocenters. The number of carbonyl (C=O) groups is 2. The number of carbonyl (C=O) groups excluding carboxylic acids is 2. The lowest BCUT2D eigenvalue weighted by Gasteiger charge is -2.31. The maximum atomic E-state index is 12.8. The largest absolute Gasteiger partial charge is 0.493 e. The van der Waals surface area contributed by atoms with Crippen molar-refractivity contribution in [2.75, 3.05) is 19.0 Å². The standard InChI is InChI=1S/C28H27N3O4S/c1-17-9-7-8-12-21(17)29-24(33)16-35-22-14-13-20(15-23(22)34-3)27-25(18(2)32)26(30-28(36)31-27)19-10-5-4-6-11-19/h4-15,27H,16H2,1-3H3,(H,29,33)(H2,30,31,36). The van der Waals surface area contributed by atoms with Crippen LogP contribution in [0.5, 0.6) is 11.5 Å². The quantitative estimate of drug-likeness (QED) is 0.391. The molecule has 0 saturated carbocycles. The molecule has 1 aliphatic heterocycles. The van der Waals surface area contributed by atoms with E-state index in [-0.39, 0.29) is 18.3 Å². The van der Waals surface area contributed by atoms with E-state index >= 15 is 0 Å². The third kappa shape index (κ3) is 5.55. The molecule has 7 nitrogen and oxygen atoms in total. The molecule has 0 aromatic heterocycles. The lowest BCUT2D eigenvalue weighted by atomic mass is 9.90. The molecule has 0 aliphatic carbocycles. The van der Waals surface area contributed by atoms with Crippen LogP contribution in [0.2, 0.25) is 0 Å². The molecule has 0 radical (unpaired) electrons. The Morgan fingerprint density at radius 1 is 1.00 bits per heavy atom. The van der Waals surface area contributed by atoms with Crippen molar-refractivity contribution >= 4 is 40.4 Å². The van der Waals surface area contributed by atoms with E-state index < -0.39 is 6.04 Å². The number of anilines is 1. The second-order valence-corrected chi connectivity index (χ2v) is 8.71. The van der Waals surface area contributed by atoms with Gasteiger partial charge >= 0.3 is 0 Å². The van der Waals surface area contributed by atoms with Crippen LogP contribution in [0.15, 0.2) is 78.4 Å². The molecule has 0 bridgehead atoms. The Morgan fingerprint density at radius 3 is 2.42 bits per heavy atom.